The second kappa shape index (κ2) is 10.9. The largest absolute Gasteiger partial charge is 0.385 e. The number of nitrogens with one attached hydrogen (secondary N) is 1. The van der Waals surface area contributed by atoms with E-state index in [0.717, 1.165) is 50.8 Å². The van der Waals surface area contributed by atoms with Crippen molar-refractivity contribution in [2.45, 2.75) is 77.0 Å². The number of unbranched alkanes of at least 4 members (excludes halogenated alkanes) is 1. The summed E-state index contributed by atoms with van der Waals surface area (Å²) < 4.78 is 0. The van der Waals surface area contributed by atoms with Gasteiger partial charge in [0.15, 0.2) is 0 Å². The van der Waals surface area contributed by atoms with Crippen molar-refractivity contribution in [2.75, 3.05) is 0 Å². The minimum absolute atomic E-state index is 0.149. The van der Waals surface area contributed by atoms with Crippen LogP contribution in [0.4, 0.5) is 0 Å². The number of rotatable bonds is 9. The highest BCUT2D eigenvalue weighted by atomic mass is 15.0. The summed E-state index contributed by atoms with van der Waals surface area (Å²) in [6.07, 6.45) is 20.2. The van der Waals surface area contributed by atoms with Gasteiger partial charge in [-0.2, -0.15) is 0 Å². The highest BCUT2D eigenvalue weighted by molar-refractivity contribution is 5.59. The van der Waals surface area contributed by atoms with Gasteiger partial charge in [0.25, 0.3) is 0 Å². The van der Waals surface area contributed by atoms with Gasteiger partial charge in [-0.15, -0.1) is 0 Å². The van der Waals surface area contributed by atoms with Crippen LogP contribution in [-0.2, 0) is 6.42 Å². The van der Waals surface area contributed by atoms with Gasteiger partial charge >= 0.3 is 0 Å². The Morgan fingerprint density at radius 1 is 1.15 bits per heavy atom. The molecular formula is C31H40N2. The molecule has 4 rings (SSSR count). The van der Waals surface area contributed by atoms with E-state index in [0.29, 0.717) is 5.92 Å². The van der Waals surface area contributed by atoms with E-state index in [1.165, 1.54) is 58.4 Å². The van der Waals surface area contributed by atoms with Crippen molar-refractivity contribution in [3.63, 3.8) is 0 Å². The highest BCUT2D eigenvalue weighted by Crippen LogP contribution is 2.48. The van der Waals surface area contributed by atoms with Crippen LogP contribution in [0.25, 0.3) is 0 Å². The van der Waals surface area contributed by atoms with Crippen LogP contribution < -0.4 is 11.1 Å². The zero-order valence-corrected chi connectivity index (χ0v) is 20.3. The third-order valence-corrected chi connectivity index (χ3v) is 7.40. The van der Waals surface area contributed by atoms with Crippen molar-refractivity contribution in [3.8, 4) is 0 Å². The monoisotopic (exact) mass is 440 g/mol. The lowest BCUT2D eigenvalue weighted by Crippen LogP contribution is -2.33. The van der Waals surface area contributed by atoms with E-state index in [2.05, 4.69) is 74.0 Å². The summed E-state index contributed by atoms with van der Waals surface area (Å²) in [6, 6.07) is 8.93. The standard InChI is InChI=1S/C31H40N2/c1-4-13-25-19-10-11-20-26(25)30-28-22(2)15-12-21-27(28)33-31(32)29(30)23(3)14-8-9-18-24-16-6-5-7-17-24/h5-7,10-11,16,19-20,24,30,33H,2-4,8-9,12-15,17-18,21,32H2,1H3. The molecule has 2 heteroatoms. The summed E-state index contributed by atoms with van der Waals surface area (Å²) in [6.45, 7) is 11.3. The maximum atomic E-state index is 6.73. The number of hydrogen-bond donors (Lipinski definition) is 2. The summed E-state index contributed by atoms with van der Waals surface area (Å²) >= 11 is 0. The summed E-state index contributed by atoms with van der Waals surface area (Å²) in [5, 5.41) is 3.57. The highest BCUT2D eigenvalue weighted by Gasteiger charge is 2.35. The van der Waals surface area contributed by atoms with E-state index >= 15 is 0 Å². The van der Waals surface area contributed by atoms with Crippen molar-refractivity contribution in [3.05, 3.63) is 107 Å². The molecule has 3 N–H and O–H groups in total. The summed E-state index contributed by atoms with van der Waals surface area (Å²) in [7, 11) is 0. The Balaban J connectivity index is 1.58. The average Bonchev–Trinajstić information content (AvgIpc) is 2.82. The molecule has 1 aliphatic heterocycles. The minimum Gasteiger partial charge on any atom is -0.385 e. The fourth-order valence-electron chi connectivity index (χ4n) is 5.74. The lowest BCUT2D eigenvalue weighted by atomic mass is 9.71. The first kappa shape index (κ1) is 23.4. The fraction of sp³-hybridized carbons (Fsp3) is 0.419. The molecule has 174 valence electrons. The summed E-state index contributed by atoms with van der Waals surface area (Å²) in [5.41, 5.74) is 15.8. The Morgan fingerprint density at radius 3 is 2.79 bits per heavy atom. The van der Waals surface area contributed by atoms with E-state index < -0.39 is 0 Å². The normalized spacial score (nSPS) is 22.4. The maximum Gasteiger partial charge on any atom is 0.105 e. The first-order valence-electron chi connectivity index (χ1n) is 12.9. The predicted molar refractivity (Wildman–Crippen MR) is 142 cm³/mol. The Morgan fingerprint density at radius 2 is 2.00 bits per heavy atom. The van der Waals surface area contributed by atoms with Crippen LogP contribution in [0.5, 0.6) is 0 Å². The first-order chi connectivity index (χ1) is 16.1. The van der Waals surface area contributed by atoms with Crippen LogP contribution in [0.2, 0.25) is 0 Å². The topological polar surface area (TPSA) is 38.0 Å². The molecule has 0 amide bonds. The van der Waals surface area contributed by atoms with Crippen molar-refractivity contribution < 1.29 is 0 Å². The van der Waals surface area contributed by atoms with Gasteiger partial charge < -0.3 is 11.1 Å². The molecule has 2 atom stereocenters. The molecule has 0 aromatic heterocycles. The molecule has 3 aliphatic rings. The Bertz CT molecular complexity index is 1020. The molecule has 2 aliphatic carbocycles. The van der Waals surface area contributed by atoms with Gasteiger partial charge in [-0.25, -0.2) is 0 Å². The molecule has 0 bridgehead atoms. The average molecular weight is 441 g/mol. The van der Waals surface area contributed by atoms with Crippen molar-refractivity contribution in [1.29, 1.82) is 0 Å². The molecule has 0 radical (unpaired) electrons. The smallest absolute Gasteiger partial charge is 0.105 e. The van der Waals surface area contributed by atoms with Crippen LogP contribution in [0.1, 0.15) is 81.8 Å². The molecule has 1 aromatic carbocycles. The van der Waals surface area contributed by atoms with Gasteiger partial charge in [0.1, 0.15) is 5.82 Å². The quantitative estimate of drug-likeness (QED) is 0.385. The second-order valence-corrected chi connectivity index (χ2v) is 9.84. The molecule has 0 saturated heterocycles. The molecule has 0 saturated carbocycles. The molecular weight excluding hydrogens is 400 g/mol. The van der Waals surface area contributed by atoms with Crippen LogP contribution in [-0.4, -0.2) is 0 Å². The number of aryl methyl sites for hydroxylation is 1. The molecule has 1 heterocycles. The van der Waals surface area contributed by atoms with Crippen molar-refractivity contribution in [2.24, 2.45) is 11.7 Å². The zero-order valence-electron chi connectivity index (χ0n) is 20.3. The van der Waals surface area contributed by atoms with E-state index in [-0.39, 0.29) is 5.92 Å². The Hall–Kier alpha value is -2.74. The zero-order chi connectivity index (χ0) is 23.2. The number of nitrogens with two attached hydrogens (primary N) is 1. The predicted octanol–water partition coefficient (Wildman–Crippen LogP) is 7.74. The summed E-state index contributed by atoms with van der Waals surface area (Å²) in [4.78, 5) is 0. The van der Waals surface area contributed by atoms with Crippen LogP contribution in [0, 0.1) is 5.92 Å². The maximum absolute atomic E-state index is 6.73. The van der Waals surface area contributed by atoms with Crippen LogP contribution >= 0.6 is 0 Å². The Labute approximate surface area is 200 Å². The number of allylic oxidation sites excluding steroid dienone is 9. The number of benzene rings is 1. The molecule has 2 nitrogen and oxygen atoms in total. The van der Waals surface area contributed by atoms with Gasteiger partial charge in [-0.1, -0.05) is 81.5 Å². The van der Waals surface area contributed by atoms with Gasteiger partial charge in [0, 0.05) is 17.2 Å². The van der Waals surface area contributed by atoms with Gasteiger partial charge in [-0.3, -0.25) is 0 Å². The SMILES string of the molecule is C=C(CCCCC1C=CC=CC1)C1=C(N)NC2=C(C(=C)CCC2)C1c1ccccc1CCC. The van der Waals surface area contributed by atoms with Gasteiger partial charge in [0.05, 0.1) is 0 Å². The summed E-state index contributed by atoms with van der Waals surface area (Å²) in [5.74, 6) is 1.64. The van der Waals surface area contributed by atoms with Crippen LogP contribution in [0.15, 0.2) is 95.5 Å². The lowest BCUT2D eigenvalue weighted by molar-refractivity contribution is 0.544. The van der Waals surface area contributed by atoms with Gasteiger partial charge in [0.2, 0.25) is 0 Å². The van der Waals surface area contributed by atoms with E-state index in [9.17, 15) is 0 Å². The van der Waals surface area contributed by atoms with E-state index in [4.69, 9.17) is 5.73 Å². The first-order valence-corrected chi connectivity index (χ1v) is 12.9. The third kappa shape index (κ3) is 5.27. The number of dihydropyridines is 1. The van der Waals surface area contributed by atoms with E-state index in [1.807, 2.05) is 0 Å². The fourth-order valence-corrected chi connectivity index (χ4v) is 5.74. The lowest BCUT2D eigenvalue weighted by Gasteiger charge is -2.38. The van der Waals surface area contributed by atoms with Gasteiger partial charge in [-0.05, 0) is 85.1 Å². The molecule has 0 spiro atoms. The molecule has 33 heavy (non-hydrogen) atoms. The third-order valence-electron chi connectivity index (χ3n) is 7.40. The molecule has 1 aromatic rings. The van der Waals surface area contributed by atoms with E-state index in [1.54, 1.807) is 0 Å². The molecule has 2 unspecified atom stereocenters. The van der Waals surface area contributed by atoms with Crippen molar-refractivity contribution in [1.82, 2.24) is 5.32 Å². The molecule has 0 fully saturated rings. The van der Waals surface area contributed by atoms with Crippen molar-refractivity contribution >= 4 is 0 Å². The van der Waals surface area contributed by atoms with Crippen LogP contribution in [0.3, 0.4) is 0 Å². The minimum atomic E-state index is 0.149. The second-order valence-electron chi connectivity index (χ2n) is 9.84. The number of hydrogen-bond acceptors (Lipinski definition) is 2. The Kier molecular flexibility index (Phi) is 7.75.